The minimum absolute atomic E-state index is 0.0810. The number of hydrogen-bond donors (Lipinski definition) is 2. The van der Waals surface area contributed by atoms with Gasteiger partial charge in [-0.3, -0.25) is 4.79 Å². The summed E-state index contributed by atoms with van der Waals surface area (Å²) in [6.07, 6.45) is 0. The highest BCUT2D eigenvalue weighted by Crippen LogP contribution is 2.23. The molecule has 3 aromatic rings. The molecule has 26 heavy (non-hydrogen) atoms. The first-order chi connectivity index (χ1) is 12.5. The first kappa shape index (κ1) is 18.0. The minimum atomic E-state index is -0.648. The molecule has 0 aliphatic rings. The van der Waals surface area contributed by atoms with Crippen molar-refractivity contribution in [1.29, 1.82) is 0 Å². The van der Waals surface area contributed by atoms with Crippen LogP contribution in [0.1, 0.15) is 28.9 Å². The highest BCUT2D eigenvalue weighted by molar-refractivity contribution is 6.34. The van der Waals surface area contributed by atoms with E-state index in [2.05, 4.69) is 29.7 Å². The molecule has 0 spiro atoms. The largest absolute Gasteiger partial charge is 0.379 e. The van der Waals surface area contributed by atoms with Gasteiger partial charge >= 0.3 is 0 Å². The van der Waals surface area contributed by atoms with Gasteiger partial charge in [0.2, 0.25) is 0 Å². The first-order valence-electron chi connectivity index (χ1n) is 8.21. The van der Waals surface area contributed by atoms with Crippen LogP contribution in [0.15, 0.2) is 72.8 Å². The number of hydrogen-bond acceptors (Lipinski definition) is 2. The van der Waals surface area contributed by atoms with Crippen LogP contribution in [0.5, 0.6) is 0 Å². The molecule has 3 rings (SSSR count). The zero-order valence-corrected chi connectivity index (χ0v) is 14.9. The third kappa shape index (κ3) is 4.21. The lowest BCUT2D eigenvalue weighted by atomic mass is 10.1. The van der Waals surface area contributed by atoms with Crippen LogP contribution < -0.4 is 10.6 Å². The van der Waals surface area contributed by atoms with E-state index in [1.165, 1.54) is 23.8 Å². The fourth-order valence-electron chi connectivity index (χ4n) is 2.63. The van der Waals surface area contributed by atoms with Crippen molar-refractivity contribution >= 4 is 28.9 Å². The Morgan fingerprint density at radius 1 is 0.923 bits per heavy atom. The monoisotopic (exact) mass is 368 g/mol. The van der Waals surface area contributed by atoms with Crippen LogP contribution in [0.2, 0.25) is 5.02 Å². The third-order valence-corrected chi connectivity index (χ3v) is 4.33. The number of carbonyl (C=O) groups excluding carboxylic acids is 1. The van der Waals surface area contributed by atoms with Crippen molar-refractivity contribution in [2.24, 2.45) is 0 Å². The molecule has 0 aromatic heterocycles. The fourth-order valence-corrected chi connectivity index (χ4v) is 2.88. The maximum absolute atomic E-state index is 13.8. The Morgan fingerprint density at radius 3 is 2.23 bits per heavy atom. The molecule has 0 bridgehead atoms. The Morgan fingerprint density at radius 2 is 1.58 bits per heavy atom. The predicted octanol–water partition coefficient (Wildman–Crippen LogP) is 5.90. The van der Waals surface area contributed by atoms with E-state index in [0.717, 1.165) is 5.69 Å². The summed E-state index contributed by atoms with van der Waals surface area (Å²) in [5, 5.41) is 6.14. The lowest BCUT2D eigenvalue weighted by Gasteiger charge is -2.16. The molecule has 1 unspecified atom stereocenters. The normalized spacial score (nSPS) is 11.7. The number of nitrogens with one attached hydrogen (secondary N) is 2. The molecule has 0 saturated carbocycles. The Bertz CT molecular complexity index is 877. The SMILES string of the molecule is CC(Nc1ccc(NC(=O)c2c(F)cccc2Cl)cc1)c1ccccc1. The van der Waals surface area contributed by atoms with Crippen LogP contribution in [0, 0.1) is 5.82 Å². The second kappa shape index (κ2) is 8.02. The van der Waals surface area contributed by atoms with Gasteiger partial charge in [0.15, 0.2) is 0 Å². The average Bonchev–Trinajstić information content (AvgIpc) is 2.64. The van der Waals surface area contributed by atoms with Crippen LogP contribution in [-0.2, 0) is 0 Å². The highest BCUT2D eigenvalue weighted by atomic mass is 35.5. The summed E-state index contributed by atoms with van der Waals surface area (Å²) in [4.78, 5) is 12.3. The zero-order chi connectivity index (χ0) is 18.5. The van der Waals surface area contributed by atoms with Crippen LogP contribution in [0.25, 0.3) is 0 Å². The molecule has 3 aromatic carbocycles. The zero-order valence-electron chi connectivity index (χ0n) is 14.2. The second-order valence-electron chi connectivity index (χ2n) is 5.90. The van der Waals surface area contributed by atoms with Gasteiger partial charge in [0.05, 0.1) is 10.6 Å². The van der Waals surface area contributed by atoms with Gasteiger partial charge in [0, 0.05) is 17.4 Å². The van der Waals surface area contributed by atoms with Gasteiger partial charge in [-0.2, -0.15) is 0 Å². The lowest BCUT2D eigenvalue weighted by molar-refractivity contribution is 0.102. The van der Waals surface area contributed by atoms with Crippen molar-refractivity contribution < 1.29 is 9.18 Å². The maximum atomic E-state index is 13.8. The Labute approximate surface area is 156 Å². The van der Waals surface area contributed by atoms with Crippen LogP contribution in [-0.4, -0.2) is 5.91 Å². The summed E-state index contributed by atoms with van der Waals surface area (Å²) >= 11 is 5.92. The summed E-state index contributed by atoms with van der Waals surface area (Å²) in [7, 11) is 0. The molecule has 0 radical (unpaired) electrons. The molecule has 0 aliphatic carbocycles. The van der Waals surface area contributed by atoms with E-state index in [9.17, 15) is 9.18 Å². The lowest BCUT2D eigenvalue weighted by Crippen LogP contribution is -2.14. The standard InChI is InChI=1S/C21H18ClFN2O/c1-14(15-6-3-2-4-7-15)24-16-10-12-17(13-11-16)25-21(26)20-18(22)8-5-9-19(20)23/h2-14,24H,1H3,(H,25,26). The van der Waals surface area contributed by atoms with E-state index in [1.54, 1.807) is 12.1 Å². The molecule has 0 saturated heterocycles. The van der Waals surface area contributed by atoms with Crippen molar-refractivity contribution in [2.45, 2.75) is 13.0 Å². The van der Waals surface area contributed by atoms with Gasteiger partial charge in [-0.15, -0.1) is 0 Å². The van der Waals surface area contributed by atoms with E-state index in [-0.39, 0.29) is 16.6 Å². The van der Waals surface area contributed by atoms with Crippen LogP contribution in [0.3, 0.4) is 0 Å². The van der Waals surface area contributed by atoms with Crippen molar-refractivity contribution in [1.82, 2.24) is 0 Å². The number of carbonyl (C=O) groups is 1. The summed E-state index contributed by atoms with van der Waals surface area (Å²) < 4.78 is 13.8. The summed E-state index contributed by atoms with van der Waals surface area (Å²) in [6, 6.07) is 21.6. The number of amides is 1. The van der Waals surface area contributed by atoms with Crippen molar-refractivity contribution in [2.75, 3.05) is 10.6 Å². The van der Waals surface area contributed by atoms with Crippen molar-refractivity contribution in [3.05, 3.63) is 94.8 Å². The van der Waals surface area contributed by atoms with Gasteiger partial charge in [-0.1, -0.05) is 48.0 Å². The summed E-state index contributed by atoms with van der Waals surface area (Å²) in [6.45, 7) is 2.07. The van der Waals surface area contributed by atoms with Gasteiger partial charge in [-0.25, -0.2) is 4.39 Å². The molecule has 0 fully saturated rings. The van der Waals surface area contributed by atoms with E-state index in [4.69, 9.17) is 11.6 Å². The first-order valence-corrected chi connectivity index (χ1v) is 8.59. The van der Waals surface area contributed by atoms with Gasteiger partial charge in [0.25, 0.3) is 5.91 Å². The van der Waals surface area contributed by atoms with E-state index < -0.39 is 11.7 Å². The fraction of sp³-hybridized carbons (Fsp3) is 0.0952. The number of benzene rings is 3. The quantitative estimate of drug-likeness (QED) is 0.588. The van der Waals surface area contributed by atoms with E-state index >= 15 is 0 Å². The molecule has 3 nitrogen and oxygen atoms in total. The average molecular weight is 369 g/mol. The smallest absolute Gasteiger partial charge is 0.260 e. The molecule has 0 aliphatic heterocycles. The van der Waals surface area contributed by atoms with Crippen LogP contribution in [0.4, 0.5) is 15.8 Å². The Balaban J connectivity index is 1.67. The van der Waals surface area contributed by atoms with Gasteiger partial charge < -0.3 is 10.6 Å². The Kier molecular flexibility index (Phi) is 5.54. The molecule has 5 heteroatoms. The van der Waals surface area contributed by atoms with Crippen molar-refractivity contribution in [3.63, 3.8) is 0 Å². The van der Waals surface area contributed by atoms with Crippen LogP contribution >= 0.6 is 11.6 Å². The number of anilines is 2. The van der Waals surface area contributed by atoms with Gasteiger partial charge in [0.1, 0.15) is 5.82 Å². The van der Waals surface area contributed by atoms with Gasteiger partial charge in [-0.05, 0) is 48.9 Å². The highest BCUT2D eigenvalue weighted by Gasteiger charge is 2.15. The molecule has 132 valence electrons. The molecule has 1 amide bonds. The number of rotatable bonds is 5. The molecular formula is C21H18ClFN2O. The topological polar surface area (TPSA) is 41.1 Å². The second-order valence-corrected chi connectivity index (χ2v) is 6.31. The Hall–Kier alpha value is -2.85. The molecular weight excluding hydrogens is 351 g/mol. The molecule has 2 N–H and O–H groups in total. The maximum Gasteiger partial charge on any atom is 0.260 e. The summed E-state index contributed by atoms with van der Waals surface area (Å²) in [5.74, 6) is -1.23. The molecule has 1 atom stereocenters. The predicted molar refractivity (Wildman–Crippen MR) is 104 cm³/mol. The number of halogens is 2. The van der Waals surface area contributed by atoms with E-state index in [1.807, 2.05) is 30.3 Å². The van der Waals surface area contributed by atoms with Crippen molar-refractivity contribution in [3.8, 4) is 0 Å². The van der Waals surface area contributed by atoms with E-state index in [0.29, 0.717) is 5.69 Å². The minimum Gasteiger partial charge on any atom is -0.379 e. The summed E-state index contributed by atoms with van der Waals surface area (Å²) in [5.41, 5.74) is 2.50. The third-order valence-electron chi connectivity index (χ3n) is 4.02. The molecule has 0 heterocycles.